The lowest BCUT2D eigenvalue weighted by Crippen LogP contribution is -2.20. The van der Waals surface area contributed by atoms with Crippen molar-refractivity contribution in [1.29, 1.82) is 0 Å². The molecule has 1 atom stereocenters. The molecule has 1 aromatic rings. The van der Waals surface area contributed by atoms with Gasteiger partial charge in [-0.3, -0.25) is 4.79 Å². The van der Waals surface area contributed by atoms with Crippen molar-refractivity contribution >= 4 is 17.6 Å². The molecule has 1 heterocycles. The predicted octanol–water partition coefficient (Wildman–Crippen LogP) is 2.64. The van der Waals surface area contributed by atoms with Crippen LogP contribution in [0.2, 0.25) is 5.02 Å². The minimum Gasteiger partial charge on any atom is -0.478 e. The van der Waals surface area contributed by atoms with E-state index >= 15 is 0 Å². The summed E-state index contributed by atoms with van der Waals surface area (Å²) in [5, 5.41) is 3.86. The summed E-state index contributed by atoms with van der Waals surface area (Å²) in [4.78, 5) is 11.8. The van der Waals surface area contributed by atoms with Crippen molar-refractivity contribution in [2.24, 2.45) is 5.92 Å². The molecule has 0 radical (unpaired) electrons. The topological polar surface area (TPSA) is 61.6 Å². The molecule has 0 bridgehead atoms. The minimum atomic E-state index is -0.571. The highest BCUT2D eigenvalue weighted by Crippen LogP contribution is 2.36. The van der Waals surface area contributed by atoms with Crippen molar-refractivity contribution in [1.82, 2.24) is 5.16 Å². The average Bonchev–Trinajstić information content (AvgIpc) is 2.61. The molecular weight excluding hydrogens is 246 g/mol. The largest absolute Gasteiger partial charge is 0.478 e. The van der Waals surface area contributed by atoms with Gasteiger partial charge in [-0.1, -0.05) is 25.4 Å². The maximum absolute atomic E-state index is 11.8. The maximum atomic E-state index is 11.8. The summed E-state index contributed by atoms with van der Waals surface area (Å²) in [7, 11) is 1.43. The van der Waals surface area contributed by atoms with Crippen LogP contribution in [-0.4, -0.2) is 24.8 Å². The number of hydrogen-bond donors (Lipinski definition) is 0. The average molecular weight is 262 g/mol. The Balaban J connectivity index is 3.05. The molecule has 17 heavy (non-hydrogen) atoms. The van der Waals surface area contributed by atoms with Gasteiger partial charge >= 0.3 is 5.97 Å². The molecule has 1 unspecified atom stereocenters. The van der Waals surface area contributed by atoms with Crippen LogP contribution in [0.15, 0.2) is 4.52 Å². The number of halogens is 1. The summed E-state index contributed by atoms with van der Waals surface area (Å²) in [6, 6.07) is 0. The first-order chi connectivity index (χ1) is 8.02. The number of carbonyl (C=O) groups is 1. The number of nitrogens with zero attached hydrogens (tertiary/aromatic N) is 1. The van der Waals surface area contributed by atoms with Crippen molar-refractivity contribution in [3.63, 3.8) is 0 Å². The lowest BCUT2D eigenvalue weighted by molar-refractivity contribution is -0.146. The van der Waals surface area contributed by atoms with Crippen molar-refractivity contribution in [3.05, 3.63) is 10.8 Å². The third-order valence-corrected chi connectivity index (χ3v) is 2.66. The van der Waals surface area contributed by atoms with E-state index in [1.54, 1.807) is 6.92 Å². The summed E-state index contributed by atoms with van der Waals surface area (Å²) in [5.41, 5.74) is 0. The van der Waals surface area contributed by atoms with Crippen molar-refractivity contribution in [2.45, 2.75) is 26.7 Å². The summed E-state index contributed by atoms with van der Waals surface area (Å²) in [6.07, 6.45) is 0. The number of methoxy groups -OCH3 is 1. The normalized spacial score (nSPS) is 12.6. The Bertz CT molecular complexity index is 389. The standard InChI is InChI=1S/C11H16ClNO4/c1-5-16-11(14)7(6(2)3)9-8(12)10(15-4)13-17-9/h6-7H,5H2,1-4H3. The fourth-order valence-corrected chi connectivity index (χ4v) is 1.77. The van der Waals surface area contributed by atoms with Gasteiger partial charge in [0.25, 0.3) is 5.88 Å². The first-order valence-corrected chi connectivity index (χ1v) is 5.76. The number of carbonyl (C=O) groups excluding carboxylic acids is 1. The van der Waals surface area contributed by atoms with Gasteiger partial charge in [-0.15, -0.1) is 0 Å². The van der Waals surface area contributed by atoms with E-state index in [0.717, 1.165) is 0 Å². The van der Waals surface area contributed by atoms with E-state index in [2.05, 4.69) is 5.16 Å². The molecule has 0 spiro atoms. The zero-order chi connectivity index (χ0) is 13.0. The molecule has 0 aliphatic heterocycles. The van der Waals surface area contributed by atoms with Crippen molar-refractivity contribution in [3.8, 4) is 5.88 Å². The molecule has 0 fully saturated rings. The Morgan fingerprint density at radius 3 is 2.59 bits per heavy atom. The van der Waals surface area contributed by atoms with Gasteiger partial charge in [0.1, 0.15) is 10.9 Å². The monoisotopic (exact) mass is 261 g/mol. The van der Waals surface area contributed by atoms with Crippen LogP contribution in [0.1, 0.15) is 32.4 Å². The molecule has 0 saturated carbocycles. The lowest BCUT2D eigenvalue weighted by atomic mass is 9.93. The fraction of sp³-hybridized carbons (Fsp3) is 0.636. The molecule has 0 aromatic carbocycles. The number of hydrogen-bond acceptors (Lipinski definition) is 5. The SMILES string of the molecule is CCOC(=O)C(c1onc(OC)c1Cl)C(C)C. The quantitative estimate of drug-likeness (QED) is 0.763. The highest BCUT2D eigenvalue weighted by atomic mass is 35.5. The van der Waals surface area contributed by atoms with Crippen molar-refractivity contribution in [2.75, 3.05) is 13.7 Å². The molecule has 96 valence electrons. The van der Waals surface area contributed by atoms with Gasteiger partial charge in [-0.2, -0.15) is 0 Å². The maximum Gasteiger partial charge on any atom is 0.317 e. The smallest absolute Gasteiger partial charge is 0.317 e. The Hall–Kier alpha value is -1.23. The fourth-order valence-electron chi connectivity index (χ4n) is 1.51. The van der Waals surface area contributed by atoms with Crippen LogP contribution in [0, 0.1) is 5.92 Å². The molecular formula is C11H16ClNO4. The summed E-state index contributed by atoms with van der Waals surface area (Å²) < 4.78 is 15.0. The number of aromatic nitrogens is 1. The number of ether oxygens (including phenoxy) is 2. The van der Waals surface area contributed by atoms with Crippen LogP contribution in [0.25, 0.3) is 0 Å². The third-order valence-electron chi connectivity index (χ3n) is 2.31. The Morgan fingerprint density at radius 1 is 1.53 bits per heavy atom. The molecule has 0 aliphatic rings. The molecule has 1 aromatic heterocycles. The van der Waals surface area contributed by atoms with Crippen LogP contribution >= 0.6 is 11.6 Å². The van der Waals surface area contributed by atoms with Crippen LogP contribution in [0.4, 0.5) is 0 Å². The van der Waals surface area contributed by atoms with Gasteiger partial charge in [0.05, 0.1) is 13.7 Å². The predicted molar refractivity (Wildman–Crippen MR) is 62.3 cm³/mol. The van der Waals surface area contributed by atoms with Crippen LogP contribution in [0.3, 0.4) is 0 Å². The molecule has 1 rings (SSSR count). The number of rotatable bonds is 5. The van der Waals surface area contributed by atoms with Crippen LogP contribution in [0.5, 0.6) is 5.88 Å². The van der Waals surface area contributed by atoms with Gasteiger partial charge in [-0.25, -0.2) is 0 Å². The summed E-state index contributed by atoms with van der Waals surface area (Å²) in [5.74, 6) is -0.486. The van der Waals surface area contributed by atoms with E-state index in [9.17, 15) is 4.79 Å². The van der Waals surface area contributed by atoms with E-state index in [1.165, 1.54) is 7.11 Å². The van der Waals surface area contributed by atoms with E-state index in [4.69, 9.17) is 25.6 Å². The molecule has 0 N–H and O–H groups in total. The summed E-state index contributed by atoms with van der Waals surface area (Å²) >= 11 is 6.02. The Labute approximate surface area is 105 Å². The first-order valence-electron chi connectivity index (χ1n) is 5.38. The highest BCUT2D eigenvalue weighted by Gasteiger charge is 2.33. The van der Waals surface area contributed by atoms with Gasteiger partial charge < -0.3 is 14.0 Å². The molecule has 6 heteroatoms. The second kappa shape index (κ2) is 5.91. The zero-order valence-corrected chi connectivity index (χ0v) is 11.1. The van der Waals surface area contributed by atoms with Crippen LogP contribution < -0.4 is 4.74 Å². The summed E-state index contributed by atoms with van der Waals surface area (Å²) in [6.45, 7) is 5.82. The van der Waals surface area contributed by atoms with Crippen molar-refractivity contribution < 1.29 is 18.8 Å². The second-order valence-corrected chi connectivity index (χ2v) is 4.22. The number of esters is 1. The third kappa shape index (κ3) is 2.91. The molecule has 0 amide bonds. The second-order valence-electron chi connectivity index (χ2n) is 3.84. The first kappa shape index (κ1) is 13.8. The van der Waals surface area contributed by atoms with E-state index in [1.807, 2.05) is 13.8 Å². The van der Waals surface area contributed by atoms with Gasteiger partial charge in [0.15, 0.2) is 5.76 Å². The Morgan fingerprint density at radius 2 is 2.18 bits per heavy atom. The van der Waals surface area contributed by atoms with E-state index < -0.39 is 5.92 Å². The minimum absolute atomic E-state index is 0.00999. The van der Waals surface area contributed by atoms with E-state index in [0.29, 0.717) is 6.61 Å². The van der Waals surface area contributed by atoms with Gasteiger partial charge in [0, 0.05) is 0 Å². The van der Waals surface area contributed by atoms with Crippen LogP contribution in [-0.2, 0) is 9.53 Å². The Kier molecular flexibility index (Phi) is 4.81. The molecule has 0 saturated heterocycles. The lowest BCUT2D eigenvalue weighted by Gasteiger charge is -2.16. The molecule has 0 aliphatic carbocycles. The molecule has 5 nitrogen and oxygen atoms in total. The highest BCUT2D eigenvalue weighted by molar-refractivity contribution is 6.32. The van der Waals surface area contributed by atoms with E-state index in [-0.39, 0.29) is 28.6 Å². The zero-order valence-electron chi connectivity index (χ0n) is 10.3. The van der Waals surface area contributed by atoms with Gasteiger partial charge in [-0.05, 0) is 18.0 Å². The van der Waals surface area contributed by atoms with Gasteiger partial charge in [0.2, 0.25) is 0 Å².